The van der Waals surface area contributed by atoms with Crippen LogP contribution in [0.15, 0.2) is 42.5 Å². The van der Waals surface area contributed by atoms with Gasteiger partial charge in [-0.05, 0) is 67.1 Å². The van der Waals surface area contributed by atoms with Gasteiger partial charge in [0.25, 0.3) is 0 Å². The molecule has 2 aromatic rings. The van der Waals surface area contributed by atoms with Gasteiger partial charge in [0.05, 0.1) is 11.5 Å². The van der Waals surface area contributed by atoms with Gasteiger partial charge in [-0.2, -0.15) is 0 Å². The number of nitrogens with two attached hydrogens (primary N) is 1. The van der Waals surface area contributed by atoms with Crippen LogP contribution in [0, 0.1) is 0 Å². The normalized spacial score (nSPS) is 16.1. The smallest absolute Gasteiger partial charge is 0.335 e. The van der Waals surface area contributed by atoms with E-state index in [4.69, 9.17) is 5.73 Å². The monoisotopic (exact) mass is 410 g/mol. The van der Waals surface area contributed by atoms with Crippen LogP contribution >= 0.6 is 0 Å². The molecule has 0 bridgehead atoms. The van der Waals surface area contributed by atoms with E-state index in [9.17, 15) is 19.8 Å². The Morgan fingerprint density at radius 1 is 1.07 bits per heavy atom. The number of rotatable bonds is 8. The summed E-state index contributed by atoms with van der Waals surface area (Å²) in [5, 5.41) is 19.4. The van der Waals surface area contributed by atoms with Gasteiger partial charge in [-0.1, -0.05) is 25.5 Å². The number of nitrogens with zero attached hydrogens (tertiary/aromatic N) is 1. The Morgan fingerprint density at radius 2 is 1.73 bits per heavy atom. The Labute approximate surface area is 177 Å². The number of carboxylic acids is 1. The number of aromatic hydroxyl groups is 1. The van der Waals surface area contributed by atoms with Crippen molar-refractivity contribution >= 4 is 17.6 Å². The fourth-order valence-electron chi connectivity index (χ4n) is 4.50. The molecule has 4 N–H and O–H groups in total. The second kappa shape index (κ2) is 9.65. The quantitative estimate of drug-likeness (QED) is 0.604. The van der Waals surface area contributed by atoms with Gasteiger partial charge in [-0.15, -0.1) is 0 Å². The van der Waals surface area contributed by atoms with Crippen molar-refractivity contribution < 1.29 is 19.8 Å². The van der Waals surface area contributed by atoms with E-state index in [2.05, 4.69) is 11.8 Å². The highest BCUT2D eigenvalue weighted by Crippen LogP contribution is 2.42. The van der Waals surface area contributed by atoms with E-state index in [0.717, 1.165) is 50.0 Å². The topological polar surface area (TPSA) is 104 Å². The van der Waals surface area contributed by atoms with Crippen molar-refractivity contribution in [1.82, 2.24) is 0 Å². The van der Waals surface area contributed by atoms with E-state index in [1.54, 1.807) is 24.3 Å². The van der Waals surface area contributed by atoms with Crippen molar-refractivity contribution in [2.24, 2.45) is 5.73 Å². The van der Waals surface area contributed by atoms with Gasteiger partial charge in [0.15, 0.2) is 0 Å². The van der Waals surface area contributed by atoms with Crippen molar-refractivity contribution in [1.29, 1.82) is 0 Å². The fourth-order valence-corrected chi connectivity index (χ4v) is 4.50. The lowest BCUT2D eigenvalue weighted by Crippen LogP contribution is -2.32. The van der Waals surface area contributed by atoms with Crippen molar-refractivity contribution in [3.05, 3.63) is 59.2 Å². The minimum atomic E-state index is -1.01. The number of anilines is 1. The molecule has 160 valence electrons. The Hall–Kier alpha value is -3.02. The third-order valence-corrected chi connectivity index (χ3v) is 5.93. The molecule has 1 amide bonds. The molecule has 2 atom stereocenters. The van der Waals surface area contributed by atoms with Crippen LogP contribution in [-0.4, -0.2) is 35.2 Å². The number of phenols is 1. The first-order valence-corrected chi connectivity index (χ1v) is 10.6. The molecule has 0 spiro atoms. The number of carbonyl (C=O) groups is 2. The van der Waals surface area contributed by atoms with Crippen LogP contribution in [0.5, 0.6) is 5.75 Å². The maximum atomic E-state index is 12.6. The second-order valence-corrected chi connectivity index (χ2v) is 7.99. The lowest BCUT2D eigenvalue weighted by Gasteiger charge is -2.34. The molecule has 0 radical (unpaired) electrons. The van der Waals surface area contributed by atoms with Crippen molar-refractivity contribution in [2.45, 2.75) is 50.9 Å². The van der Waals surface area contributed by atoms with Gasteiger partial charge < -0.3 is 20.8 Å². The predicted molar refractivity (Wildman–Crippen MR) is 117 cm³/mol. The van der Waals surface area contributed by atoms with Crippen LogP contribution in [-0.2, 0) is 4.79 Å². The Balaban J connectivity index is 2.07. The van der Waals surface area contributed by atoms with Crippen LogP contribution in [0.1, 0.15) is 72.3 Å². The molecule has 2 unspecified atom stereocenters. The summed E-state index contributed by atoms with van der Waals surface area (Å²) in [6, 6.07) is 11.7. The van der Waals surface area contributed by atoms with Gasteiger partial charge >= 0.3 is 5.97 Å². The Morgan fingerprint density at radius 3 is 2.30 bits per heavy atom. The van der Waals surface area contributed by atoms with Crippen LogP contribution in [0.3, 0.4) is 0 Å². The van der Waals surface area contributed by atoms with Gasteiger partial charge in [-0.25, -0.2) is 4.79 Å². The molecule has 1 saturated heterocycles. The van der Waals surface area contributed by atoms with Crippen LogP contribution in [0.4, 0.5) is 5.69 Å². The third-order valence-electron chi connectivity index (χ3n) is 5.93. The molecule has 3 rings (SSSR count). The minimum Gasteiger partial charge on any atom is -0.508 e. The number of carbonyl (C=O) groups excluding carboxylic acids is 1. The lowest BCUT2D eigenvalue weighted by atomic mass is 9.77. The number of benzene rings is 2. The Kier molecular flexibility index (Phi) is 6.98. The first-order chi connectivity index (χ1) is 14.4. The number of primary amides is 1. The Bertz CT molecular complexity index is 889. The molecule has 1 aliphatic heterocycles. The largest absolute Gasteiger partial charge is 0.508 e. The number of carboxylic acid groups (broad SMARTS) is 1. The lowest BCUT2D eigenvalue weighted by molar-refractivity contribution is -0.120. The van der Waals surface area contributed by atoms with Gasteiger partial charge in [0.1, 0.15) is 5.75 Å². The highest BCUT2D eigenvalue weighted by atomic mass is 16.4. The van der Waals surface area contributed by atoms with E-state index >= 15 is 0 Å². The van der Waals surface area contributed by atoms with Crippen LogP contribution in [0.2, 0.25) is 0 Å². The first kappa shape index (κ1) is 21.7. The molecule has 6 nitrogen and oxygen atoms in total. The summed E-state index contributed by atoms with van der Waals surface area (Å²) in [6.07, 6.45) is 5.01. The number of amides is 1. The van der Waals surface area contributed by atoms with Crippen LogP contribution < -0.4 is 10.6 Å². The zero-order valence-corrected chi connectivity index (χ0v) is 17.4. The molecule has 30 heavy (non-hydrogen) atoms. The summed E-state index contributed by atoms with van der Waals surface area (Å²) < 4.78 is 0. The maximum absolute atomic E-state index is 12.6. The fraction of sp³-hybridized carbons (Fsp3) is 0.417. The summed E-state index contributed by atoms with van der Waals surface area (Å²) in [5.74, 6) is -2.13. The molecule has 1 fully saturated rings. The molecule has 0 saturated carbocycles. The van der Waals surface area contributed by atoms with Crippen molar-refractivity contribution in [3.8, 4) is 5.75 Å². The molecule has 2 aromatic carbocycles. The zero-order valence-electron chi connectivity index (χ0n) is 17.4. The average Bonchev–Trinajstić information content (AvgIpc) is 2.74. The summed E-state index contributed by atoms with van der Waals surface area (Å²) in [6.45, 7) is 3.96. The minimum absolute atomic E-state index is 0.163. The highest BCUT2D eigenvalue weighted by molar-refractivity contribution is 5.88. The molecule has 0 aromatic heterocycles. The van der Waals surface area contributed by atoms with Crippen molar-refractivity contribution in [2.75, 3.05) is 18.0 Å². The first-order valence-electron chi connectivity index (χ1n) is 10.6. The van der Waals surface area contributed by atoms with Gasteiger partial charge in [-0.3, -0.25) is 4.79 Å². The van der Waals surface area contributed by atoms with E-state index in [-0.39, 0.29) is 17.2 Å². The SMILES string of the molecule is CCCC(c1cc(O)ccc1N1CCCCC1)C(C(N)=O)c1ccc(C(=O)O)cc1. The number of aromatic carboxylic acids is 1. The number of phenolic OH excluding ortho intramolecular Hbond substituents is 1. The standard InChI is InChI=1S/C24H30N2O4/c1-2-6-19(22(23(25)28)16-7-9-17(10-8-16)24(29)30)20-15-18(27)11-12-21(20)26-13-4-3-5-14-26/h7-12,15,19,22,27H,2-6,13-14H2,1H3,(H2,25,28)(H,29,30). The second-order valence-electron chi connectivity index (χ2n) is 7.99. The van der Waals surface area contributed by atoms with E-state index in [0.29, 0.717) is 5.56 Å². The van der Waals surface area contributed by atoms with Crippen molar-refractivity contribution in [3.63, 3.8) is 0 Å². The third kappa shape index (κ3) is 4.75. The molecular formula is C24H30N2O4. The summed E-state index contributed by atoms with van der Waals surface area (Å²) in [7, 11) is 0. The number of hydrogen-bond acceptors (Lipinski definition) is 4. The molecular weight excluding hydrogens is 380 g/mol. The van der Waals surface area contributed by atoms with E-state index in [1.165, 1.54) is 18.6 Å². The molecule has 0 aliphatic carbocycles. The number of piperidine rings is 1. The molecule has 6 heteroatoms. The van der Waals surface area contributed by atoms with Gasteiger partial charge in [0, 0.05) is 24.7 Å². The summed E-state index contributed by atoms with van der Waals surface area (Å²) >= 11 is 0. The maximum Gasteiger partial charge on any atom is 0.335 e. The molecule has 1 heterocycles. The van der Waals surface area contributed by atoms with E-state index < -0.39 is 17.8 Å². The van der Waals surface area contributed by atoms with Crippen LogP contribution in [0.25, 0.3) is 0 Å². The predicted octanol–water partition coefficient (Wildman–Crippen LogP) is 4.23. The zero-order chi connectivity index (χ0) is 21.7. The molecule has 1 aliphatic rings. The average molecular weight is 411 g/mol. The van der Waals surface area contributed by atoms with Gasteiger partial charge in [0.2, 0.25) is 5.91 Å². The van der Waals surface area contributed by atoms with E-state index in [1.807, 2.05) is 6.07 Å². The summed E-state index contributed by atoms with van der Waals surface area (Å²) in [5.41, 5.74) is 8.69. The summed E-state index contributed by atoms with van der Waals surface area (Å²) in [4.78, 5) is 26.1. The highest BCUT2D eigenvalue weighted by Gasteiger charge is 2.32. The number of hydrogen-bond donors (Lipinski definition) is 3.